The monoisotopic (exact) mass is 322 g/mol. The fourth-order valence-electron chi connectivity index (χ4n) is 2.09. The second kappa shape index (κ2) is 6.33. The summed E-state index contributed by atoms with van der Waals surface area (Å²) in [6, 6.07) is 8.02. The molecule has 0 aliphatic rings. The van der Waals surface area contributed by atoms with Gasteiger partial charge in [0.2, 0.25) is 10.0 Å². The fraction of sp³-hybridized carbons (Fsp3) is 0.267. The van der Waals surface area contributed by atoms with Crippen molar-refractivity contribution in [2.24, 2.45) is 7.05 Å². The van der Waals surface area contributed by atoms with Gasteiger partial charge in [0.25, 0.3) is 5.56 Å². The van der Waals surface area contributed by atoms with Crippen LogP contribution in [0.5, 0.6) is 5.75 Å². The van der Waals surface area contributed by atoms with E-state index < -0.39 is 10.0 Å². The van der Waals surface area contributed by atoms with Crippen LogP contribution in [0.1, 0.15) is 11.1 Å². The Labute approximate surface area is 129 Å². The zero-order valence-corrected chi connectivity index (χ0v) is 13.5. The second-order valence-corrected chi connectivity index (χ2v) is 6.64. The van der Waals surface area contributed by atoms with Gasteiger partial charge in [-0.2, -0.15) is 0 Å². The minimum absolute atomic E-state index is 0.0543. The lowest BCUT2D eigenvalue weighted by Crippen LogP contribution is -2.29. The van der Waals surface area contributed by atoms with Crippen LogP contribution in [0.2, 0.25) is 0 Å². The van der Waals surface area contributed by atoms with Crippen molar-refractivity contribution in [3.63, 3.8) is 0 Å². The number of sulfonamides is 1. The Morgan fingerprint density at radius 3 is 2.64 bits per heavy atom. The number of aromatic nitrogens is 1. The van der Waals surface area contributed by atoms with Crippen molar-refractivity contribution >= 4 is 10.0 Å². The van der Waals surface area contributed by atoms with E-state index in [2.05, 4.69) is 4.72 Å². The first-order chi connectivity index (χ1) is 10.3. The average molecular weight is 322 g/mol. The molecule has 2 aromatic rings. The van der Waals surface area contributed by atoms with Crippen LogP contribution in [0.15, 0.2) is 46.2 Å². The Bertz CT molecular complexity index is 841. The van der Waals surface area contributed by atoms with Crippen molar-refractivity contribution in [3.05, 3.63) is 58.0 Å². The van der Waals surface area contributed by atoms with Gasteiger partial charge in [-0.1, -0.05) is 6.07 Å². The van der Waals surface area contributed by atoms with Crippen molar-refractivity contribution in [1.29, 1.82) is 0 Å². The van der Waals surface area contributed by atoms with E-state index >= 15 is 0 Å². The van der Waals surface area contributed by atoms with Crippen molar-refractivity contribution < 1.29 is 13.2 Å². The Hall–Kier alpha value is -2.12. The van der Waals surface area contributed by atoms with E-state index in [0.717, 1.165) is 0 Å². The van der Waals surface area contributed by atoms with Crippen LogP contribution in [0, 0.1) is 6.92 Å². The van der Waals surface area contributed by atoms with Crippen molar-refractivity contribution in [2.45, 2.75) is 18.4 Å². The molecule has 7 heteroatoms. The molecular weight excluding hydrogens is 304 g/mol. The minimum atomic E-state index is -3.70. The smallest absolute Gasteiger partial charge is 0.254 e. The molecule has 0 aliphatic heterocycles. The molecule has 1 heterocycles. The molecule has 118 valence electrons. The van der Waals surface area contributed by atoms with Gasteiger partial charge in [-0.15, -0.1) is 0 Å². The number of hydrogen-bond donors (Lipinski definition) is 1. The van der Waals surface area contributed by atoms with Gasteiger partial charge >= 0.3 is 0 Å². The first-order valence-electron chi connectivity index (χ1n) is 6.64. The number of rotatable bonds is 5. The summed E-state index contributed by atoms with van der Waals surface area (Å²) < 4.78 is 33.6. The van der Waals surface area contributed by atoms with E-state index in [-0.39, 0.29) is 17.0 Å². The number of nitrogens with one attached hydrogen (secondary N) is 1. The largest absolute Gasteiger partial charge is 0.497 e. The van der Waals surface area contributed by atoms with Crippen LogP contribution >= 0.6 is 0 Å². The van der Waals surface area contributed by atoms with Crippen molar-refractivity contribution in [3.8, 4) is 5.75 Å². The lowest BCUT2D eigenvalue weighted by molar-refractivity contribution is 0.414. The molecule has 0 radical (unpaired) electrons. The molecule has 0 saturated heterocycles. The molecule has 22 heavy (non-hydrogen) atoms. The topological polar surface area (TPSA) is 77.4 Å². The summed E-state index contributed by atoms with van der Waals surface area (Å²) in [5.41, 5.74) is 0.740. The lowest BCUT2D eigenvalue weighted by atomic mass is 10.2. The summed E-state index contributed by atoms with van der Waals surface area (Å²) in [7, 11) is -0.558. The normalized spacial score (nSPS) is 11.4. The highest BCUT2D eigenvalue weighted by molar-refractivity contribution is 7.89. The van der Waals surface area contributed by atoms with E-state index in [0.29, 0.717) is 16.9 Å². The lowest BCUT2D eigenvalue weighted by Gasteiger charge is -2.10. The first kappa shape index (κ1) is 16.3. The summed E-state index contributed by atoms with van der Waals surface area (Å²) in [6.07, 6.45) is 1.62. The highest BCUT2D eigenvalue weighted by atomic mass is 32.2. The average Bonchev–Trinajstić information content (AvgIpc) is 2.48. The molecule has 0 saturated carbocycles. The number of ether oxygens (including phenoxy) is 1. The molecule has 0 bridgehead atoms. The number of benzene rings is 1. The van der Waals surface area contributed by atoms with Gasteiger partial charge in [0.1, 0.15) is 5.75 Å². The molecular formula is C15H18N2O4S. The number of hydrogen-bond acceptors (Lipinski definition) is 4. The third-order valence-electron chi connectivity index (χ3n) is 3.33. The predicted molar refractivity (Wildman–Crippen MR) is 83.4 cm³/mol. The number of pyridine rings is 1. The quantitative estimate of drug-likeness (QED) is 0.897. The molecule has 0 atom stereocenters. The summed E-state index contributed by atoms with van der Waals surface area (Å²) in [4.78, 5) is 12.1. The van der Waals surface area contributed by atoms with Gasteiger partial charge in [0.05, 0.1) is 12.0 Å². The maximum absolute atomic E-state index is 12.4. The molecule has 0 spiro atoms. The summed E-state index contributed by atoms with van der Waals surface area (Å²) in [6.45, 7) is 1.64. The third kappa shape index (κ3) is 3.37. The van der Waals surface area contributed by atoms with Gasteiger partial charge in [-0.25, -0.2) is 13.1 Å². The maximum Gasteiger partial charge on any atom is 0.254 e. The summed E-state index contributed by atoms with van der Waals surface area (Å²) >= 11 is 0. The van der Waals surface area contributed by atoms with Crippen LogP contribution in [0.25, 0.3) is 0 Å². The van der Waals surface area contributed by atoms with Crippen LogP contribution in [0.4, 0.5) is 0 Å². The van der Waals surface area contributed by atoms with Crippen LogP contribution < -0.4 is 15.0 Å². The third-order valence-corrected chi connectivity index (χ3v) is 4.89. The van der Waals surface area contributed by atoms with E-state index in [1.165, 1.54) is 17.7 Å². The molecule has 0 fully saturated rings. The Balaban J connectivity index is 2.25. The number of nitrogens with zero attached hydrogens (tertiary/aromatic N) is 1. The van der Waals surface area contributed by atoms with Crippen LogP contribution in [-0.2, 0) is 23.6 Å². The van der Waals surface area contributed by atoms with E-state index in [4.69, 9.17) is 4.74 Å². The second-order valence-electron chi connectivity index (χ2n) is 4.91. The Kier molecular flexibility index (Phi) is 4.68. The molecule has 6 nitrogen and oxygen atoms in total. The predicted octanol–water partition coefficient (Wildman–Crippen LogP) is 1.18. The maximum atomic E-state index is 12.4. The van der Waals surface area contributed by atoms with Gasteiger partial charge in [0, 0.05) is 25.4 Å². The minimum Gasteiger partial charge on any atom is -0.497 e. The summed E-state index contributed by atoms with van der Waals surface area (Å²) in [5, 5.41) is 0. The molecule has 0 amide bonds. The Morgan fingerprint density at radius 2 is 2.00 bits per heavy atom. The molecule has 2 rings (SSSR count). The molecule has 0 aliphatic carbocycles. The van der Waals surface area contributed by atoms with E-state index in [9.17, 15) is 13.2 Å². The van der Waals surface area contributed by atoms with Crippen molar-refractivity contribution in [2.75, 3.05) is 7.11 Å². The fourth-order valence-corrected chi connectivity index (χ4v) is 3.32. The number of aryl methyl sites for hydroxylation is 2. The zero-order chi connectivity index (χ0) is 16.3. The first-order valence-corrected chi connectivity index (χ1v) is 8.12. The highest BCUT2D eigenvalue weighted by Gasteiger charge is 2.17. The van der Waals surface area contributed by atoms with E-state index in [1.807, 2.05) is 0 Å². The molecule has 1 aromatic carbocycles. The van der Waals surface area contributed by atoms with Gasteiger partial charge in [-0.3, -0.25) is 4.79 Å². The molecule has 0 unspecified atom stereocenters. The molecule has 1 N–H and O–H groups in total. The van der Waals surface area contributed by atoms with Crippen molar-refractivity contribution in [1.82, 2.24) is 9.29 Å². The Morgan fingerprint density at radius 1 is 1.27 bits per heavy atom. The van der Waals surface area contributed by atoms with Gasteiger partial charge in [-0.05, 0) is 36.8 Å². The molecule has 1 aromatic heterocycles. The van der Waals surface area contributed by atoms with Gasteiger partial charge in [0.15, 0.2) is 0 Å². The standard InChI is InChI=1S/C15H18N2O4S/c1-11-9-13(21-3)6-7-14(11)22(19,20)16-10-12-5-4-8-17(2)15(12)18/h4-9,16H,10H2,1-3H3. The summed E-state index contributed by atoms with van der Waals surface area (Å²) in [5.74, 6) is 0.591. The highest BCUT2D eigenvalue weighted by Crippen LogP contribution is 2.20. The SMILES string of the molecule is COc1ccc(S(=O)(=O)NCc2cccn(C)c2=O)c(C)c1. The zero-order valence-electron chi connectivity index (χ0n) is 12.7. The number of methoxy groups -OCH3 is 1. The van der Waals surface area contributed by atoms with Gasteiger partial charge < -0.3 is 9.30 Å². The van der Waals surface area contributed by atoms with Crippen LogP contribution in [-0.4, -0.2) is 20.1 Å². The van der Waals surface area contributed by atoms with E-state index in [1.54, 1.807) is 44.4 Å². The van der Waals surface area contributed by atoms with Crippen LogP contribution in [0.3, 0.4) is 0 Å².